The van der Waals surface area contributed by atoms with Gasteiger partial charge in [-0.15, -0.1) is 0 Å². The van der Waals surface area contributed by atoms with Gasteiger partial charge in [0, 0.05) is 0 Å². The molecule has 0 aromatic heterocycles. The van der Waals surface area contributed by atoms with E-state index in [9.17, 15) is 9.90 Å². The number of hydrogen-bond acceptors (Lipinski definition) is 1. The van der Waals surface area contributed by atoms with Crippen molar-refractivity contribution in [3.8, 4) is 0 Å². The van der Waals surface area contributed by atoms with Crippen LogP contribution >= 0.6 is 0 Å². The number of carbonyl (C=O) groups is 1. The fourth-order valence-electron chi connectivity index (χ4n) is 1.65. The molecule has 1 rings (SSSR count). The Bertz CT molecular complexity index is 125. The van der Waals surface area contributed by atoms with Crippen molar-refractivity contribution in [1.29, 1.82) is 0 Å². The summed E-state index contributed by atoms with van der Waals surface area (Å²) in [6.45, 7) is 1.76. The normalized spacial score (nSPS) is 22.9. The van der Waals surface area contributed by atoms with Gasteiger partial charge in [-0.05, 0) is 18.8 Å². The third-order valence-electron chi connectivity index (χ3n) is 2.48. The van der Waals surface area contributed by atoms with Crippen molar-refractivity contribution in [2.75, 3.05) is 0 Å². The lowest BCUT2D eigenvalue weighted by Gasteiger charge is -2.11. The van der Waals surface area contributed by atoms with E-state index in [1.807, 2.05) is 0 Å². The van der Waals surface area contributed by atoms with Crippen LogP contribution in [0.15, 0.2) is 0 Å². The van der Waals surface area contributed by atoms with Crippen molar-refractivity contribution in [3.05, 3.63) is 0 Å². The van der Waals surface area contributed by atoms with Crippen LogP contribution in [0.25, 0.3) is 0 Å². The van der Waals surface area contributed by atoms with Gasteiger partial charge in [0.05, 0.1) is 5.92 Å². The summed E-state index contributed by atoms with van der Waals surface area (Å²) in [6.07, 6.45) is 4.55. The third-order valence-corrected chi connectivity index (χ3v) is 2.48. The summed E-state index contributed by atoms with van der Waals surface area (Å²) in [5.74, 6) is -0.723. The highest BCUT2D eigenvalue weighted by atomic mass is 16.4. The smallest absolute Gasteiger partial charge is 0.247 e. The summed E-state index contributed by atoms with van der Waals surface area (Å²) in [7, 11) is 0. The largest absolute Gasteiger partial charge is 0.358 e. The molecule has 0 bridgehead atoms. The lowest BCUT2D eigenvalue weighted by Crippen LogP contribution is -2.16. The Kier molecular flexibility index (Phi) is 2.30. The molecular weight excluding hydrogens is 128 g/mol. The number of carbonyl (C=O) groups excluding carboxylic acids is 1. The van der Waals surface area contributed by atoms with Gasteiger partial charge in [0.1, 0.15) is 0 Å². The molecule has 0 aliphatic heterocycles. The molecule has 2 heteroatoms. The van der Waals surface area contributed by atoms with Gasteiger partial charge >= 0.3 is 5.97 Å². The third kappa shape index (κ3) is 1.49. The van der Waals surface area contributed by atoms with Crippen molar-refractivity contribution in [3.63, 3.8) is 0 Å². The highest BCUT2D eigenvalue weighted by Gasteiger charge is 2.27. The van der Waals surface area contributed by atoms with Gasteiger partial charge in [-0.3, -0.25) is 0 Å². The molecule has 0 aromatic carbocycles. The molecule has 10 heavy (non-hydrogen) atoms. The summed E-state index contributed by atoms with van der Waals surface area (Å²) < 4.78 is 0. The summed E-state index contributed by atoms with van der Waals surface area (Å²) in [6, 6.07) is 0. The quantitative estimate of drug-likeness (QED) is 0.577. The molecule has 2 nitrogen and oxygen atoms in total. The predicted molar refractivity (Wildman–Crippen MR) is 36.8 cm³/mol. The molecule has 1 fully saturated rings. The van der Waals surface area contributed by atoms with Crippen molar-refractivity contribution in [2.45, 2.75) is 32.6 Å². The second kappa shape index (κ2) is 3.04. The van der Waals surface area contributed by atoms with Crippen LogP contribution in [0, 0.1) is 11.8 Å². The van der Waals surface area contributed by atoms with E-state index in [1.54, 1.807) is 6.92 Å². The first-order valence-corrected chi connectivity index (χ1v) is 3.92. The topological polar surface area (TPSA) is 37.0 Å². The zero-order valence-electron chi connectivity index (χ0n) is 6.30. The summed E-state index contributed by atoms with van der Waals surface area (Å²) >= 11 is 0. The predicted octanol–water partition coefficient (Wildman–Crippen LogP) is 1.77. The molecule has 0 aromatic rings. The van der Waals surface area contributed by atoms with E-state index in [-0.39, 0.29) is 5.92 Å². The molecule has 0 amide bonds. The van der Waals surface area contributed by atoms with E-state index in [4.69, 9.17) is 0 Å². The van der Waals surface area contributed by atoms with Crippen LogP contribution in [0.2, 0.25) is 0 Å². The number of rotatable bonds is 2. The summed E-state index contributed by atoms with van der Waals surface area (Å²) in [5.41, 5.74) is 0. The molecule has 0 heterocycles. The Morgan fingerprint density at radius 3 is 2.30 bits per heavy atom. The maximum absolute atomic E-state index is 10.4. The minimum Gasteiger partial charge on any atom is -0.247 e. The van der Waals surface area contributed by atoms with Gasteiger partial charge in [0.2, 0.25) is 0 Å². The molecule has 0 saturated heterocycles. The molecule has 1 radical (unpaired) electrons. The van der Waals surface area contributed by atoms with E-state index >= 15 is 0 Å². The van der Waals surface area contributed by atoms with Crippen LogP contribution in [0.5, 0.6) is 0 Å². The molecule has 0 spiro atoms. The maximum Gasteiger partial charge on any atom is 0.358 e. The van der Waals surface area contributed by atoms with E-state index < -0.39 is 5.97 Å². The second-order valence-electron chi connectivity index (χ2n) is 3.15. The fraction of sp³-hybridized carbons (Fsp3) is 0.875. The Morgan fingerprint density at radius 1 is 1.40 bits per heavy atom. The first-order valence-electron chi connectivity index (χ1n) is 3.92. The monoisotopic (exact) mass is 141 g/mol. The Hall–Kier alpha value is -0.530. The maximum atomic E-state index is 10.4. The first-order chi connectivity index (χ1) is 4.72. The van der Waals surface area contributed by atoms with Crippen molar-refractivity contribution >= 4 is 5.97 Å². The van der Waals surface area contributed by atoms with Gasteiger partial charge < -0.3 is 0 Å². The average Bonchev–Trinajstić information content (AvgIpc) is 2.36. The minimum absolute atomic E-state index is 0.234. The molecule has 1 atom stereocenters. The van der Waals surface area contributed by atoms with Crippen LogP contribution in [0.4, 0.5) is 0 Å². The van der Waals surface area contributed by atoms with Crippen LogP contribution in [-0.4, -0.2) is 5.97 Å². The Balaban J connectivity index is 2.39. The minimum atomic E-state index is -0.882. The van der Waals surface area contributed by atoms with E-state index in [2.05, 4.69) is 0 Å². The SMILES string of the molecule is CC(C([O])=O)C1CCCC1. The zero-order chi connectivity index (χ0) is 7.56. The highest BCUT2D eigenvalue weighted by Crippen LogP contribution is 2.31. The van der Waals surface area contributed by atoms with Gasteiger partial charge in [0.15, 0.2) is 0 Å². The Labute approximate surface area is 61.2 Å². The van der Waals surface area contributed by atoms with E-state index in [1.165, 1.54) is 12.8 Å². The lowest BCUT2D eigenvalue weighted by atomic mass is 9.93. The molecule has 1 unspecified atom stereocenters. The van der Waals surface area contributed by atoms with Gasteiger partial charge in [-0.25, -0.2) is 9.90 Å². The van der Waals surface area contributed by atoms with Gasteiger partial charge in [0.25, 0.3) is 0 Å². The lowest BCUT2D eigenvalue weighted by molar-refractivity contribution is -0.149. The molecule has 1 aliphatic rings. The number of hydrogen-bond donors (Lipinski definition) is 0. The first kappa shape index (κ1) is 7.58. The van der Waals surface area contributed by atoms with Crippen LogP contribution in [-0.2, 0) is 9.90 Å². The van der Waals surface area contributed by atoms with Crippen LogP contribution < -0.4 is 0 Å². The van der Waals surface area contributed by atoms with E-state index in [0.29, 0.717) is 5.92 Å². The van der Waals surface area contributed by atoms with Crippen molar-refractivity contribution < 1.29 is 9.90 Å². The molecular formula is C8H13O2. The second-order valence-corrected chi connectivity index (χ2v) is 3.15. The zero-order valence-corrected chi connectivity index (χ0v) is 6.30. The molecule has 0 N–H and O–H groups in total. The average molecular weight is 141 g/mol. The van der Waals surface area contributed by atoms with E-state index in [0.717, 1.165) is 12.8 Å². The van der Waals surface area contributed by atoms with Gasteiger partial charge in [-0.1, -0.05) is 19.8 Å². The molecule has 57 valence electrons. The fourth-order valence-corrected chi connectivity index (χ4v) is 1.65. The van der Waals surface area contributed by atoms with Crippen molar-refractivity contribution in [2.24, 2.45) is 11.8 Å². The molecule has 1 aliphatic carbocycles. The van der Waals surface area contributed by atoms with Crippen LogP contribution in [0.1, 0.15) is 32.6 Å². The van der Waals surface area contributed by atoms with Crippen LogP contribution in [0.3, 0.4) is 0 Å². The highest BCUT2D eigenvalue weighted by molar-refractivity contribution is 5.69. The van der Waals surface area contributed by atoms with Crippen molar-refractivity contribution in [1.82, 2.24) is 0 Å². The summed E-state index contributed by atoms with van der Waals surface area (Å²) in [5, 5.41) is 10.4. The standard InChI is InChI=1S/C8H13O2/c1-6(8(9)10)7-4-2-3-5-7/h6-7H,2-5H2,1H3. The summed E-state index contributed by atoms with van der Waals surface area (Å²) in [4.78, 5) is 10.4. The van der Waals surface area contributed by atoms with Gasteiger partial charge in [-0.2, -0.15) is 0 Å². The Morgan fingerprint density at radius 2 is 1.90 bits per heavy atom. The molecule has 1 saturated carbocycles.